The molecule has 1 N–H and O–H groups in total. The van der Waals surface area contributed by atoms with Crippen LogP contribution >= 0.6 is 0 Å². The van der Waals surface area contributed by atoms with Crippen LogP contribution in [0.4, 0.5) is 13.2 Å². The molecule has 25 heavy (non-hydrogen) atoms. The minimum absolute atomic E-state index is 0.168. The van der Waals surface area contributed by atoms with Crippen molar-refractivity contribution in [3.05, 3.63) is 41.0 Å². The molecule has 0 heterocycles. The summed E-state index contributed by atoms with van der Waals surface area (Å²) < 4.78 is 38.1. The van der Waals surface area contributed by atoms with Crippen molar-refractivity contribution in [3.8, 4) is 6.07 Å². The number of amides is 1. The van der Waals surface area contributed by atoms with Gasteiger partial charge < -0.3 is 5.32 Å². The van der Waals surface area contributed by atoms with E-state index in [1.165, 1.54) is 37.5 Å². The number of hydrogen-bond donors (Lipinski definition) is 1. The molecule has 0 fully saturated rings. The summed E-state index contributed by atoms with van der Waals surface area (Å²) in [5.41, 5.74) is -0.850. The van der Waals surface area contributed by atoms with Crippen molar-refractivity contribution in [2.24, 2.45) is 0 Å². The number of carbonyl (C=O) groups is 1. The number of unbranched alkanes of at least 4 members (excludes halogenated alkanes) is 5. The van der Waals surface area contributed by atoms with E-state index in [-0.39, 0.29) is 11.1 Å². The predicted octanol–water partition coefficient (Wildman–Crippen LogP) is 5.09. The fourth-order valence-electron chi connectivity index (χ4n) is 2.32. The average molecular weight is 352 g/mol. The van der Waals surface area contributed by atoms with E-state index >= 15 is 0 Å². The fraction of sp³-hybridized carbons (Fsp3) is 0.474. The fourth-order valence-corrected chi connectivity index (χ4v) is 2.32. The molecule has 0 aliphatic carbocycles. The number of nitriles is 1. The highest BCUT2D eigenvalue weighted by Crippen LogP contribution is 2.29. The summed E-state index contributed by atoms with van der Waals surface area (Å²) in [5.74, 6) is -0.562. The Morgan fingerprint density at radius 1 is 1.20 bits per heavy atom. The molecule has 3 nitrogen and oxygen atoms in total. The molecule has 136 valence electrons. The zero-order valence-corrected chi connectivity index (χ0v) is 14.3. The first-order valence-electron chi connectivity index (χ1n) is 8.45. The Morgan fingerprint density at radius 2 is 1.88 bits per heavy atom. The number of halogens is 3. The Labute approximate surface area is 146 Å². The third kappa shape index (κ3) is 7.88. The monoisotopic (exact) mass is 352 g/mol. The van der Waals surface area contributed by atoms with Crippen molar-refractivity contribution in [1.82, 2.24) is 5.32 Å². The maximum Gasteiger partial charge on any atom is 0.416 e. The molecule has 0 aliphatic rings. The third-order valence-corrected chi connectivity index (χ3v) is 3.71. The van der Waals surface area contributed by atoms with Crippen LogP contribution < -0.4 is 5.32 Å². The van der Waals surface area contributed by atoms with E-state index in [4.69, 9.17) is 5.26 Å². The minimum atomic E-state index is -4.46. The van der Waals surface area contributed by atoms with E-state index in [1.807, 2.05) is 0 Å². The highest BCUT2D eigenvalue weighted by atomic mass is 19.4. The van der Waals surface area contributed by atoms with Crippen LogP contribution in [-0.4, -0.2) is 12.5 Å². The lowest BCUT2D eigenvalue weighted by molar-refractivity contribution is -0.137. The van der Waals surface area contributed by atoms with E-state index in [2.05, 4.69) is 12.2 Å². The molecule has 6 heteroatoms. The van der Waals surface area contributed by atoms with Gasteiger partial charge in [0.25, 0.3) is 5.91 Å². The van der Waals surface area contributed by atoms with Crippen molar-refractivity contribution in [3.63, 3.8) is 0 Å². The molecule has 0 saturated carbocycles. The maximum absolute atomic E-state index is 12.7. The Kier molecular flexibility index (Phi) is 8.76. The summed E-state index contributed by atoms with van der Waals surface area (Å²) in [6.07, 6.45) is 3.17. The van der Waals surface area contributed by atoms with Crippen molar-refractivity contribution >= 4 is 12.0 Å². The lowest BCUT2D eigenvalue weighted by Crippen LogP contribution is -2.25. The second kappa shape index (κ2) is 10.5. The molecular formula is C19H23F3N2O. The standard InChI is InChI=1S/C19H23F3N2O/c1-2-3-4-5-6-7-11-24-18(25)16(14-23)12-15-9-8-10-17(13-15)19(20,21)22/h8-10,12-13H,2-7,11H2,1H3,(H,24,25)/b16-12+. The SMILES string of the molecule is CCCCCCCCNC(=O)/C(C#N)=C/c1cccc(C(F)(F)F)c1. The van der Waals surface area contributed by atoms with E-state index in [9.17, 15) is 18.0 Å². The second-order valence-corrected chi connectivity index (χ2v) is 5.82. The molecule has 0 unspecified atom stereocenters. The van der Waals surface area contributed by atoms with Crippen LogP contribution in [0.15, 0.2) is 29.8 Å². The molecule has 0 aliphatic heterocycles. The summed E-state index contributed by atoms with van der Waals surface area (Å²) in [6.45, 7) is 2.59. The van der Waals surface area contributed by atoms with Crippen LogP contribution in [0.3, 0.4) is 0 Å². The third-order valence-electron chi connectivity index (χ3n) is 3.71. The molecule has 0 bridgehead atoms. The number of nitrogens with zero attached hydrogens (tertiary/aromatic N) is 1. The Balaban J connectivity index is 2.59. The summed E-state index contributed by atoms with van der Waals surface area (Å²) >= 11 is 0. The van der Waals surface area contributed by atoms with Gasteiger partial charge in [-0.1, -0.05) is 51.2 Å². The van der Waals surface area contributed by atoms with Gasteiger partial charge in [0.05, 0.1) is 5.56 Å². The number of nitrogens with one attached hydrogen (secondary N) is 1. The van der Waals surface area contributed by atoms with Crippen molar-refractivity contribution in [2.75, 3.05) is 6.54 Å². The van der Waals surface area contributed by atoms with Gasteiger partial charge in [-0.15, -0.1) is 0 Å². The van der Waals surface area contributed by atoms with Crippen LogP contribution in [0.25, 0.3) is 6.08 Å². The first kappa shape index (κ1) is 20.8. The molecule has 0 radical (unpaired) electrons. The van der Waals surface area contributed by atoms with Crippen LogP contribution in [0.1, 0.15) is 56.6 Å². The van der Waals surface area contributed by atoms with Gasteiger partial charge in [-0.2, -0.15) is 18.4 Å². The zero-order valence-electron chi connectivity index (χ0n) is 14.3. The summed E-state index contributed by atoms with van der Waals surface area (Å²) in [7, 11) is 0. The quantitative estimate of drug-likeness (QED) is 0.382. The summed E-state index contributed by atoms with van der Waals surface area (Å²) in [6, 6.07) is 6.28. The lowest BCUT2D eigenvalue weighted by atomic mass is 10.1. The molecule has 0 spiro atoms. The molecule has 1 aromatic carbocycles. The van der Waals surface area contributed by atoms with Gasteiger partial charge in [0.15, 0.2) is 0 Å². The Bertz CT molecular complexity index is 630. The summed E-state index contributed by atoms with van der Waals surface area (Å²) in [5, 5.41) is 11.7. The Hall–Kier alpha value is -2.29. The normalized spacial score (nSPS) is 11.9. The number of alkyl halides is 3. The van der Waals surface area contributed by atoms with Crippen LogP contribution in [-0.2, 0) is 11.0 Å². The first-order chi connectivity index (χ1) is 11.9. The first-order valence-corrected chi connectivity index (χ1v) is 8.45. The average Bonchev–Trinajstić information content (AvgIpc) is 2.58. The van der Waals surface area contributed by atoms with Crippen molar-refractivity contribution in [1.29, 1.82) is 5.26 Å². The topological polar surface area (TPSA) is 52.9 Å². The molecule has 1 aromatic rings. The van der Waals surface area contributed by atoms with Crippen LogP contribution in [0.2, 0.25) is 0 Å². The van der Waals surface area contributed by atoms with Gasteiger partial charge in [0.1, 0.15) is 11.6 Å². The highest BCUT2D eigenvalue weighted by Gasteiger charge is 2.30. The van der Waals surface area contributed by atoms with Crippen molar-refractivity contribution in [2.45, 2.75) is 51.6 Å². The second-order valence-electron chi connectivity index (χ2n) is 5.82. The lowest BCUT2D eigenvalue weighted by Gasteiger charge is -2.07. The number of carbonyl (C=O) groups excluding carboxylic acids is 1. The molecule has 0 atom stereocenters. The van der Waals surface area contributed by atoms with Gasteiger partial charge in [-0.3, -0.25) is 4.79 Å². The predicted molar refractivity (Wildman–Crippen MR) is 91.4 cm³/mol. The molecule has 1 amide bonds. The highest BCUT2D eigenvalue weighted by molar-refractivity contribution is 6.01. The van der Waals surface area contributed by atoms with Gasteiger partial charge in [-0.05, 0) is 30.2 Å². The molecule has 0 saturated heterocycles. The van der Waals surface area contributed by atoms with Crippen LogP contribution in [0, 0.1) is 11.3 Å². The maximum atomic E-state index is 12.7. The van der Waals surface area contributed by atoms with Gasteiger partial charge in [-0.25, -0.2) is 0 Å². The number of rotatable bonds is 9. The molecule has 0 aromatic heterocycles. The minimum Gasteiger partial charge on any atom is -0.351 e. The van der Waals surface area contributed by atoms with Gasteiger partial charge >= 0.3 is 6.18 Å². The van der Waals surface area contributed by atoms with Gasteiger partial charge in [0, 0.05) is 6.54 Å². The van der Waals surface area contributed by atoms with Crippen LogP contribution in [0.5, 0.6) is 0 Å². The van der Waals surface area contributed by atoms with Gasteiger partial charge in [0.2, 0.25) is 0 Å². The van der Waals surface area contributed by atoms with Crippen molar-refractivity contribution < 1.29 is 18.0 Å². The molecular weight excluding hydrogens is 329 g/mol. The van der Waals surface area contributed by atoms with E-state index in [0.717, 1.165) is 31.4 Å². The number of hydrogen-bond acceptors (Lipinski definition) is 2. The van der Waals surface area contributed by atoms with E-state index < -0.39 is 17.6 Å². The summed E-state index contributed by atoms with van der Waals surface area (Å²) in [4.78, 5) is 12.0. The number of benzene rings is 1. The molecule has 1 rings (SSSR count). The van der Waals surface area contributed by atoms with E-state index in [0.29, 0.717) is 6.54 Å². The largest absolute Gasteiger partial charge is 0.416 e. The Morgan fingerprint density at radius 3 is 2.52 bits per heavy atom. The van der Waals surface area contributed by atoms with E-state index in [1.54, 1.807) is 6.07 Å². The zero-order chi connectivity index (χ0) is 18.7. The smallest absolute Gasteiger partial charge is 0.351 e.